The minimum atomic E-state index is -0.936. The van der Waals surface area contributed by atoms with Crippen LogP contribution in [0.1, 0.15) is 29.6 Å². The first kappa shape index (κ1) is 9.94. The SMILES string of the molecule is O=C(c1ccc(F)c(F)c1)C1CC2CC2C1. The van der Waals surface area contributed by atoms with Crippen LogP contribution in [0, 0.1) is 29.4 Å². The number of fused-ring (bicyclic) bond motifs is 1. The predicted octanol–water partition coefficient (Wildman–Crippen LogP) is 3.19. The largest absolute Gasteiger partial charge is 0.294 e. The van der Waals surface area contributed by atoms with Crippen LogP contribution in [0.3, 0.4) is 0 Å². The number of halogens is 2. The lowest BCUT2D eigenvalue weighted by Crippen LogP contribution is -2.13. The number of Topliss-reactive ketones (excluding diaryl/α,β-unsaturated/α-hetero) is 1. The molecule has 3 rings (SSSR count). The van der Waals surface area contributed by atoms with Crippen LogP contribution in [0.4, 0.5) is 8.78 Å². The molecule has 1 aromatic rings. The van der Waals surface area contributed by atoms with Gasteiger partial charge in [-0.2, -0.15) is 0 Å². The lowest BCUT2D eigenvalue weighted by Gasteiger charge is -2.10. The summed E-state index contributed by atoms with van der Waals surface area (Å²) in [5, 5.41) is 0. The standard InChI is InChI=1S/C13H12F2O/c14-11-2-1-7(6-12(11)15)13(16)10-4-8-3-9(8)5-10/h1-2,6,8-10H,3-5H2. The summed E-state index contributed by atoms with van der Waals surface area (Å²) in [6, 6.07) is 3.42. The van der Waals surface area contributed by atoms with E-state index in [0.29, 0.717) is 5.56 Å². The van der Waals surface area contributed by atoms with Crippen LogP contribution in [0.5, 0.6) is 0 Å². The molecule has 0 spiro atoms. The number of carbonyl (C=O) groups excluding carboxylic acids is 1. The Morgan fingerprint density at radius 1 is 1.06 bits per heavy atom. The van der Waals surface area contributed by atoms with Crippen LogP contribution in [0.25, 0.3) is 0 Å². The number of ketones is 1. The van der Waals surface area contributed by atoms with E-state index in [4.69, 9.17) is 0 Å². The molecular formula is C13H12F2O. The van der Waals surface area contributed by atoms with Gasteiger partial charge in [0.05, 0.1) is 0 Å². The van der Waals surface area contributed by atoms with Crippen molar-refractivity contribution >= 4 is 5.78 Å². The summed E-state index contributed by atoms with van der Waals surface area (Å²) in [6.07, 6.45) is 3.12. The van der Waals surface area contributed by atoms with E-state index < -0.39 is 11.6 Å². The highest BCUT2D eigenvalue weighted by atomic mass is 19.2. The molecule has 2 aliphatic rings. The minimum Gasteiger partial charge on any atom is -0.294 e. The minimum absolute atomic E-state index is 0.0221. The van der Waals surface area contributed by atoms with E-state index in [-0.39, 0.29) is 11.7 Å². The average molecular weight is 222 g/mol. The fraction of sp³-hybridized carbons (Fsp3) is 0.462. The normalized spacial score (nSPS) is 31.2. The highest BCUT2D eigenvalue weighted by molar-refractivity contribution is 5.98. The maximum absolute atomic E-state index is 13.0. The molecule has 3 heteroatoms. The molecule has 2 atom stereocenters. The van der Waals surface area contributed by atoms with Crippen molar-refractivity contribution in [1.82, 2.24) is 0 Å². The molecule has 0 aromatic heterocycles. The molecule has 2 unspecified atom stereocenters. The zero-order valence-corrected chi connectivity index (χ0v) is 8.75. The Labute approximate surface area is 92.5 Å². The van der Waals surface area contributed by atoms with E-state index in [1.165, 1.54) is 12.5 Å². The first-order valence-corrected chi connectivity index (χ1v) is 5.64. The van der Waals surface area contributed by atoms with Gasteiger partial charge in [0.1, 0.15) is 0 Å². The Kier molecular flexibility index (Phi) is 2.09. The number of benzene rings is 1. The van der Waals surface area contributed by atoms with E-state index in [2.05, 4.69) is 0 Å². The average Bonchev–Trinajstić information content (AvgIpc) is 2.89. The molecule has 84 valence electrons. The second-order valence-electron chi connectivity index (χ2n) is 4.92. The molecule has 0 aliphatic heterocycles. The Morgan fingerprint density at radius 2 is 1.75 bits per heavy atom. The van der Waals surface area contributed by atoms with Crippen LogP contribution < -0.4 is 0 Å². The van der Waals surface area contributed by atoms with Gasteiger partial charge in [0.15, 0.2) is 17.4 Å². The molecule has 0 saturated heterocycles. The maximum Gasteiger partial charge on any atom is 0.166 e. The topological polar surface area (TPSA) is 17.1 Å². The molecule has 1 nitrogen and oxygen atoms in total. The van der Waals surface area contributed by atoms with E-state index in [1.54, 1.807) is 0 Å². The van der Waals surface area contributed by atoms with Crippen molar-refractivity contribution in [2.45, 2.75) is 19.3 Å². The molecule has 16 heavy (non-hydrogen) atoms. The Hall–Kier alpha value is -1.25. The quantitative estimate of drug-likeness (QED) is 0.702. The third-order valence-corrected chi connectivity index (χ3v) is 3.82. The van der Waals surface area contributed by atoms with E-state index in [9.17, 15) is 13.6 Å². The predicted molar refractivity (Wildman–Crippen MR) is 55.0 cm³/mol. The lowest BCUT2D eigenvalue weighted by atomic mass is 9.93. The summed E-state index contributed by atoms with van der Waals surface area (Å²) < 4.78 is 25.7. The van der Waals surface area contributed by atoms with Crippen molar-refractivity contribution in [3.63, 3.8) is 0 Å². The van der Waals surface area contributed by atoms with Gasteiger partial charge >= 0.3 is 0 Å². The first-order valence-electron chi connectivity index (χ1n) is 5.64. The molecule has 2 saturated carbocycles. The Bertz CT molecular complexity index is 445. The van der Waals surface area contributed by atoms with Crippen molar-refractivity contribution in [3.8, 4) is 0 Å². The molecule has 0 heterocycles. The number of hydrogen-bond donors (Lipinski definition) is 0. The summed E-state index contributed by atoms with van der Waals surface area (Å²) in [5.41, 5.74) is 0.310. The van der Waals surface area contributed by atoms with Crippen molar-refractivity contribution < 1.29 is 13.6 Å². The fourth-order valence-electron chi connectivity index (χ4n) is 2.81. The van der Waals surface area contributed by atoms with Crippen molar-refractivity contribution in [1.29, 1.82) is 0 Å². The molecule has 0 N–H and O–H groups in total. The number of hydrogen-bond acceptors (Lipinski definition) is 1. The summed E-state index contributed by atoms with van der Waals surface area (Å²) in [4.78, 5) is 12.0. The molecule has 2 fully saturated rings. The van der Waals surface area contributed by atoms with Crippen molar-refractivity contribution in [2.75, 3.05) is 0 Å². The third-order valence-electron chi connectivity index (χ3n) is 3.82. The Balaban J connectivity index is 1.80. The van der Waals surface area contributed by atoms with Crippen LogP contribution in [-0.4, -0.2) is 5.78 Å². The van der Waals surface area contributed by atoms with Crippen LogP contribution in [-0.2, 0) is 0 Å². The highest BCUT2D eigenvalue weighted by Crippen LogP contribution is 2.54. The summed E-state index contributed by atoms with van der Waals surface area (Å²) in [7, 11) is 0. The second-order valence-corrected chi connectivity index (χ2v) is 4.92. The van der Waals surface area contributed by atoms with E-state index >= 15 is 0 Å². The van der Waals surface area contributed by atoms with Gasteiger partial charge < -0.3 is 0 Å². The second kappa shape index (κ2) is 3.37. The summed E-state index contributed by atoms with van der Waals surface area (Å²) in [6.45, 7) is 0. The molecule has 2 aliphatic carbocycles. The van der Waals surface area contributed by atoms with Gasteiger partial charge in [-0.3, -0.25) is 4.79 Å². The van der Waals surface area contributed by atoms with Crippen LogP contribution >= 0.6 is 0 Å². The first-order chi connectivity index (χ1) is 7.65. The van der Waals surface area contributed by atoms with Gasteiger partial charge in [0.25, 0.3) is 0 Å². The zero-order valence-electron chi connectivity index (χ0n) is 8.75. The fourth-order valence-corrected chi connectivity index (χ4v) is 2.81. The molecule has 0 radical (unpaired) electrons. The number of rotatable bonds is 2. The summed E-state index contributed by atoms with van der Waals surface area (Å²) in [5.74, 6) is -0.377. The Morgan fingerprint density at radius 3 is 2.38 bits per heavy atom. The smallest absolute Gasteiger partial charge is 0.166 e. The van der Waals surface area contributed by atoms with Crippen molar-refractivity contribution in [2.24, 2.45) is 17.8 Å². The van der Waals surface area contributed by atoms with Crippen LogP contribution in [0.2, 0.25) is 0 Å². The summed E-state index contributed by atoms with van der Waals surface area (Å²) >= 11 is 0. The molecule has 0 amide bonds. The third kappa shape index (κ3) is 1.55. The van der Waals surface area contributed by atoms with Gasteiger partial charge in [-0.15, -0.1) is 0 Å². The monoisotopic (exact) mass is 222 g/mol. The molecular weight excluding hydrogens is 210 g/mol. The van der Waals surface area contributed by atoms with Gasteiger partial charge in [-0.05, 0) is 49.3 Å². The van der Waals surface area contributed by atoms with Crippen LogP contribution in [0.15, 0.2) is 18.2 Å². The molecule has 1 aromatic carbocycles. The lowest BCUT2D eigenvalue weighted by molar-refractivity contribution is 0.0914. The maximum atomic E-state index is 13.0. The van der Waals surface area contributed by atoms with Gasteiger partial charge in [0.2, 0.25) is 0 Å². The zero-order chi connectivity index (χ0) is 11.3. The van der Waals surface area contributed by atoms with Crippen molar-refractivity contribution in [3.05, 3.63) is 35.4 Å². The van der Waals surface area contributed by atoms with E-state index in [1.807, 2.05) is 0 Å². The highest BCUT2D eigenvalue weighted by Gasteiger charge is 2.47. The number of carbonyl (C=O) groups is 1. The van der Waals surface area contributed by atoms with E-state index in [0.717, 1.165) is 36.8 Å². The van der Waals surface area contributed by atoms with Gasteiger partial charge in [-0.25, -0.2) is 8.78 Å². The van der Waals surface area contributed by atoms with Gasteiger partial charge in [-0.1, -0.05) is 0 Å². The molecule has 0 bridgehead atoms. The van der Waals surface area contributed by atoms with Gasteiger partial charge in [0, 0.05) is 11.5 Å².